The van der Waals surface area contributed by atoms with Gasteiger partial charge in [0.2, 0.25) is 17.7 Å². The Morgan fingerprint density at radius 3 is 2.49 bits per heavy atom. The van der Waals surface area contributed by atoms with Crippen molar-refractivity contribution in [3.8, 4) is 10.4 Å². The molecule has 3 atom stereocenters. The molecule has 2 aliphatic rings. The quantitative estimate of drug-likeness (QED) is 0.223. The number of hydrogen-bond acceptors (Lipinski definition) is 10. The number of ether oxygens (including phenoxy) is 2. The van der Waals surface area contributed by atoms with Crippen LogP contribution < -0.4 is 16.0 Å². The van der Waals surface area contributed by atoms with E-state index in [1.54, 1.807) is 11.3 Å². The van der Waals surface area contributed by atoms with Crippen molar-refractivity contribution in [1.29, 1.82) is 0 Å². The molecule has 12 nitrogen and oxygen atoms in total. The summed E-state index contributed by atoms with van der Waals surface area (Å²) in [5.41, 5.74) is 4.13. The van der Waals surface area contributed by atoms with Crippen LogP contribution >= 0.6 is 11.3 Å². The SMILES string of the molecule is Cc1ncsc1-c1ccc(CNC(=O)[C@@H]2C[C@@H](O)CN2C(=O)[C@@H](NC(=O)COCCOCCN2CCNCC2)C(C)(C)C)cc1. The van der Waals surface area contributed by atoms with Crippen molar-refractivity contribution in [2.75, 3.05) is 65.7 Å². The van der Waals surface area contributed by atoms with Gasteiger partial charge in [-0.3, -0.25) is 19.3 Å². The molecule has 45 heavy (non-hydrogen) atoms. The average molecular weight is 645 g/mol. The first-order chi connectivity index (χ1) is 21.5. The lowest BCUT2D eigenvalue weighted by Crippen LogP contribution is -2.58. The molecule has 2 aromatic rings. The topological polar surface area (TPSA) is 145 Å². The van der Waals surface area contributed by atoms with Gasteiger partial charge in [0, 0.05) is 52.2 Å². The van der Waals surface area contributed by atoms with E-state index < -0.39 is 35.4 Å². The van der Waals surface area contributed by atoms with Crippen LogP contribution in [0, 0.1) is 12.3 Å². The summed E-state index contributed by atoms with van der Waals surface area (Å²) in [7, 11) is 0. The predicted octanol–water partition coefficient (Wildman–Crippen LogP) is 1.17. The number of rotatable bonds is 14. The Balaban J connectivity index is 1.24. The number of benzene rings is 1. The van der Waals surface area contributed by atoms with Gasteiger partial charge in [-0.15, -0.1) is 11.3 Å². The predicted molar refractivity (Wildman–Crippen MR) is 173 cm³/mol. The Hall–Kier alpha value is -2.94. The molecule has 1 aromatic carbocycles. The summed E-state index contributed by atoms with van der Waals surface area (Å²) in [5, 5.41) is 19.5. The number of likely N-dealkylation sites (tertiary alicyclic amines) is 1. The Labute approximate surface area is 269 Å². The molecule has 2 saturated heterocycles. The maximum absolute atomic E-state index is 13.8. The zero-order chi connectivity index (χ0) is 32.4. The molecule has 13 heteroatoms. The lowest BCUT2D eigenvalue weighted by atomic mass is 9.85. The molecule has 0 unspecified atom stereocenters. The van der Waals surface area contributed by atoms with Crippen LogP contribution in [0.3, 0.4) is 0 Å². The van der Waals surface area contributed by atoms with Gasteiger partial charge in [0.1, 0.15) is 18.7 Å². The standard InChI is InChI=1S/C32H48N6O6S/c1-22-28(45-21-35-22)24-7-5-23(6-8-24)18-34-30(41)26-17-25(39)19-38(26)31(42)29(32(2,3)4)36-27(40)20-44-16-15-43-14-13-37-11-9-33-10-12-37/h5-8,21,25-26,29,33,39H,9-20H2,1-4H3,(H,34,41)(H,36,40)/t25-,26+,29-/m1/s1. The molecule has 0 bridgehead atoms. The fourth-order valence-corrected chi connectivity index (χ4v) is 6.31. The fourth-order valence-electron chi connectivity index (χ4n) is 5.50. The number of nitrogens with one attached hydrogen (secondary N) is 3. The van der Waals surface area contributed by atoms with Gasteiger partial charge in [-0.2, -0.15) is 0 Å². The van der Waals surface area contributed by atoms with Crippen LogP contribution in [0.5, 0.6) is 0 Å². The number of β-amino-alcohol motifs (C(OH)–C–C–N with tert-alkyl or cyclic N) is 1. The Bertz CT molecular complexity index is 1260. The molecule has 0 spiro atoms. The van der Waals surface area contributed by atoms with Gasteiger partial charge in [-0.25, -0.2) is 4.98 Å². The highest BCUT2D eigenvalue weighted by Crippen LogP contribution is 2.28. The van der Waals surface area contributed by atoms with Crippen LogP contribution in [0.2, 0.25) is 0 Å². The molecule has 0 saturated carbocycles. The second-order valence-corrected chi connectivity index (χ2v) is 13.6. The number of aryl methyl sites for hydroxylation is 1. The summed E-state index contributed by atoms with van der Waals surface area (Å²) < 4.78 is 11.1. The zero-order valence-electron chi connectivity index (χ0n) is 26.8. The molecule has 2 fully saturated rings. The number of hydrogen-bond donors (Lipinski definition) is 4. The molecule has 248 valence electrons. The average Bonchev–Trinajstić information content (AvgIpc) is 3.63. The van der Waals surface area contributed by atoms with E-state index in [0.29, 0.717) is 13.2 Å². The van der Waals surface area contributed by atoms with Crippen LogP contribution in [0.25, 0.3) is 10.4 Å². The minimum absolute atomic E-state index is 0.0179. The van der Waals surface area contributed by atoms with Gasteiger partial charge in [-0.05, 0) is 23.5 Å². The number of carbonyl (C=O) groups is 3. The van der Waals surface area contributed by atoms with E-state index in [1.165, 1.54) is 4.90 Å². The molecular weight excluding hydrogens is 596 g/mol. The van der Waals surface area contributed by atoms with E-state index in [1.807, 2.05) is 57.5 Å². The highest BCUT2D eigenvalue weighted by Gasteiger charge is 2.44. The van der Waals surface area contributed by atoms with Crippen LogP contribution in [0.1, 0.15) is 38.4 Å². The first-order valence-corrected chi connectivity index (χ1v) is 16.5. The smallest absolute Gasteiger partial charge is 0.246 e. The van der Waals surface area contributed by atoms with Gasteiger partial charge < -0.3 is 35.4 Å². The minimum atomic E-state index is -0.910. The number of aromatic nitrogens is 1. The molecule has 4 rings (SSSR count). The largest absolute Gasteiger partial charge is 0.391 e. The monoisotopic (exact) mass is 644 g/mol. The first kappa shape index (κ1) is 34.9. The molecule has 1 aromatic heterocycles. The summed E-state index contributed by atoms with van der Waals surface area (Å²) >= 11 is 1.58. The molecular formula is C32H48N6O6S. The van der Waals surface area contributed by atoms with Gasteiger partial charge >= 0.3 is 0 Å². The molecule has 4 N–H and O–H groups in total. The van der Waals surface area contributed by atoms with E-state index in [0.717, 1.165) is 54.4 Å². The van der Waals surface area contributed by atoms with Crippen molar-refractivity contribution < 1.29 is 29.0 Å². The van der Waals surface area contributed by atoms with Crippen molar-refractivity contribution in [2.45, 2.75) is 58.8 Å². The maximum Gasteiger partial charge on any atom is 0.246 e. The summed E-state index contributed by atoms with van der Waals surface area (Å²) in [5.74, 6) is -1.18. The molecule has 2 aliphatic heterocycles. The third-order valence-corrected chi connectivity index (χ3v) is 9.06. The maximum atomic E-state index is 13.8. The summed E-state index contributed by atoms with van der Waals surface area (Å²) in [6, 6.07) is 6.15. The summed E-state index contributed by atoms with van der Waals surface area (Å²) in [6.45, 7) is 13.7. The van der Waals surface area contributed by atoms with Crippen LogP contribution in [-0.4, -0.2) is 121 Å². The molecule has 3 heterocycles. The van der Waals surface area contributed by atoms with E-state index in [9.17, 15) is 19.5 Å². The highest BCUT2D eigenvalue weighted by atomic mass is 32.1. The van der Waals surface area contributed by atoms with Crippen LogP contribution in [-0.2, 0) is 30.4 Å². The minimum Gasteiger partial charge on any atom is -0.391 e. The third-order valence-electron chi connectivity index (χ3n) is 8.08. The van der Waals surface area contributed by atoms with Gasteiger partial charge in [0.05, 0.1) is 42.0 Å². The second-order valence-electron chi connectivity index (χ2n) is 12.7. The van der Waals surface area contributed by atoms with Crippen LogP contribution in [0.15, 0.2) is 29.8 Å². The van der Waals surface area contributed by atoms with Gasteiger partial charge in [0.15, 0.2) is 0 Å². The number of carbonyl (C=O) groups excluding carboxylic acids is 3. The Kier molecular flexibility index (Phi) is 12.9. The lowest BCUT2D eigenvalue weighted by Gasteiger charge is -2.35. The summed E-state index contributed by atoms with van der Waals surface area (Å²) in [6.07, 6.45) is -0.707. The number of aliphatic hydroxyl groups is 1. The van der Waals surface area contributed by atoms with Crippen molar-refractivity contribution in [3.05, 3.63) is 41.0 Å². The number of nitrogens with zero attached hydrogens (tertiary/aromatic N) is 3. The van der Waals surface area contributed by atoms with Crippen molar-refractivity contribution in [3.63, 3.8) is 0 Å². The molecule has 3 amide bonds. The van der Waals surface area contributed by atoms with Gasteiger partial charge in [-0.1, -0.05) is 45.0 Å². The van der Waals surface area contributed by atoms with Crippen molar-refractivity contribution in [2.24, 2.45) is 5.41 Å². The molecule has 0 radical (unpaired) electrons. The van der Waals surface area contributed by atoms with Gasteiger partial charge in [0.25, 0.3) is 0 Å². The number of piperazine rings is 1. The highest BCUT2D eigenvalue weighted by molar-refractivity contribution is 7.13. The fraction of sp³-hybridized carbons (Fsp3) is 0.625. The van der Waals surface area contributed by atoms with Crippen molar-refractivity contribution in [1.82, 2.24) is 30.7 Å². The van der Waals surface area contributed by atoms with Crippen LogP contribution in [0.4, 0.5) is 0 Å². The van der Waals surface area contributed by atoms with E-state index in [4.69, 9.17) is 9.47 Å². The second kappa shape index (κ2) is 16.6. The molecule has 0 aliphatic carbocycles. The van der Waals surface area contributed by atoms with E-state index in [2.05, 4.69) is 25.8 Å². The normalized spacial score (nSPS) is 19.8. The van der Waals surface area contributed by atoms with E-state index >= 15 is 0 Å². The Morgan fingerprint density at radius 2 is 1.82 bits per heavy atom. The number of thiazole rings is 1. The number of amides is 3. The first-order valence-electron chi connectivity index (χ1n) is 15.7. The van der Waals surface area contributed by atoms with E-state index in [-0.39, 0.29) is 38.6 Å². The van der Waals surface area contributed by atoms with Crippen molar-refractivity contribution >= 4 is 29.1 Å². The Morgan fingerprint density at radius 1 is 1.11 bits per heavy atom. The zero-order valence-corrected chi connectivity index (χ0v) is 27.7. The number of aliphatic hydroxyl groups excluding tert-OH is 1. The lowest BCUT2D eigenvalue weighted by molar-refractivity contribution is -0.144. The summed E-state index contributed by atoms with van der Waals surface area (Å²) in [4.78, 5) is 48.9. The third kappa shape index (κ3) is 10.3.